The molecule has 0 aliphatic heterocycles. The van der Waals surface area contributed by atoms with Gasteiger partial charge in [-0.2, -0.15) is 0 Å². The van der Waals surface area contributed by atoms with Gasteiger partial charge in [-0.05, 0) is 106 Å². The Morgan fingerprint density at radius 3 is 1.69 bits per heavy atom. The van der Waals surface area contributed by atoms with Crippen LogP contribution in [-0.2, 0) is 0 Å². The Hall–Kier alpha value is -7.72. The molecule has 2 heterocycles. The largest absolute Gasteiger partial charge is 0.310 e. The minimum atomic E-state index is 1.09. The van der Waals surface area contributed by atoms with Crippen LogP contribution in [0.4, 0.5) is 17.1 Å². The van der Waals surface area contributed by atoms with Crippen LogP contribution in [0.1, 0.15) is 0 Å². The molecule has 0 aliphatic rings. The number of para-hydroxylation sites is 4. The van der Waals surface area contributed by atoms with Gasteiger partial charge in [0.2, 0.25) is 0 Å². The number of rotatable bonds is 7. The van der Waals surface area contributed by atoms with Crippen molar-refractivity contribution in [2.45, 2.75) is 0 Å². The first-order chi connectivity index (χ1) is 30.3. The molecule has 0 saturated heterocycles. The average Bonchev–Trinajstić information content (AvgIpc) is 3.88. The van der Waals surface area contributed by atoms with Crippen LogP contribution in [0.15, 0.2) is 231 Å². The Labute approximate surface area is 358 Å². The lowest BCUT2D eigenvalue weighted by Crippen LogP contribution is -2.11. The Kier molecular flexibility index (Phi) is 8.39. The van der Waals surface area contributed by atoms with Gasteiger partial charge >= 0.3 is 0 Å². The van der Waals surface area contributed by atoms with Crippen molar-refractivity contribution in [3.63, 3.8) is 0 Å². The van der Waals surface area contributed by atoms with Crippen LogP contribution < -0.4 is 4.90 Å². The SMILES string of the molecule is c1ccc(N(c2ccc(-c3cccc4ccccc34)cc2)c2ccc(-c3ccccc3-n3c4ccccc4c4ccccc43)cc2-c2ccc3sc4ccccc4c3c2)cc1. The van der Waals surface area contributed by atoms with Gasteiger partial charge in [0, 0.05) is 53.4 Å². The Morgan fingerprint density at radius 2 is 0.885 bits per heavy atom. The van der Waals surface area contributed by atoms with E-state index in [0.717, 1.165) is 33.9 Å². The summed E-state index contributed by atoms with van der Waals surface area (Å²) in [6.07, 6.45) is 0. The van der Waals surface area contributed by atoms with E-state index in [1.54, 1.807) is 0 Å². The van der Waals surface area contributed by atoms with E-state index < -0.39 is 0 Å². The number of benzene rings is 10. The summed E-state index contributed by atoms with van der Waals surface area (Å²) in [5.74, 6) is 0. The van der Waals surface area contributed by atoms with Crippen molar-refractivity contribution >= 4 is 81.1 Å². The molecule has 0 fully saturated rings. The number of aromatic nitrogens is 1. The Balaban J connectivity index is 1.08. The molecule has 2 nitrogen and oxygen atoms in total. The van der Waals surface area contributed by atoms with E-state index >= 15 is 0 Å². The summed E-state index contributed by atoms with van der Waals surface area (Å²) in [4.78, 5) is 2.42. The fourth-order valence-electron chi connectivity index (χ4n) is 9.39. The number of hydrogen-bond acceptors (Lipinski definition) is 2. The van der Waals surface area contributed by atoms with Crippen LogP contribution in [-0.4, -0.2) is 4.57 Å². The average molecular weight is 795 g/mol. The van der Waals surface area contributed by atoms with Crippen molar-refractivity contribution in [1.82, 2.24) is 4.57 Å². The van der Waals surface area contributed by atoms with Gasteiger partial charge in [-0.3, -0.25) is 0 Å². The zero-order valence-corrected chi connectivity index (χ0v) is 34.1. The van der Waals surface area contributed by atoms with E-state index in [2.05, 4.69) is 240 Å². The minimum absolute atomic E-state index is 1.09. The molecule has 12 aromatic rings. The third-order valence-electron chi connectivity index (χ3n) is 12.2. The Morgan fingerprint density at radius 1 is 0.328 bits per heavy atom. The first-order valence-electron chi connectivity index (χ1n) is 20.8. The number of anilines is 3. The van der Waals surface area contributed by atoms with Crippen molar-refractivity contribution in [3.8, 4) is 39.1 Å². The fourth-order valence-corrected chi connectivity index (χ4v) is 10.5. The smallest absolute Gasteiger partial charge is 0.0541 e. The van der Waals surface area contributed by atoms with E-state index in [9.17, 15) is 0 Å². The molecular weight excluding hydrogens is 757 g/mol. The highest BCUT2D eigenvalue weighted by Gasteiger charge is 2.21. The normalized spacial score (nSPS) is 11.6. The maximum atomic E-state index is 2.44. The molecule has 10 aromatic carbocycles. The van der Waals surface area contributed by atoms with Crippen LogP contribution in [0.5, 0.6) is 0 Å². The van der Waals surface area contributed by atoms with Crippen LogP contribution in [0, 0.1) is 0 Å². The summed E-state index contributed by atoms with van der Waals surface area (Å²) in [5.41, 5.74) is 14.0. The summed E-state index contributed by atoms with van der Waals surface area (Å²) in [7, 11) is 0. The van der Waals surface area contributed by atoms with E-state index in [1.807, 2.05) is 11.3 Å². The van der Waals surface area contributed by atoms with Crippen molar-refractivity contribution in [3.05, 3.63) is 231 Å². The van der Waals surface area contributed by atoms with E-state index in [-0.39, 0.29) is 0 Å². The van der Waals surface area contributed by atoms with Gasteiger partial charge in [0.1, 0.15) is 0 Å². The van der Waals surface area contributed by atoms with Gasteiger partial charge in [-0.25, -0.2) is 0 Å². The van der Waals surface area contributed by atoms with E-state index in [1.165, 1.54) is 75.0 Å². The van der Waals surface area contributed by atoms with E-state index in [0.29, 0.717) is 0 Å². The number of hydrogen-bond donors (Lipinski definition) is 0. The molecule has 0 atom stereocenters. The molecule has 3 heteroatoms. The summed E-state index contributed by atoms with van der Waals surface area (Å²) in [5, 5.41) is 7.59. The number of fused-ring (bicyclic) bond motifs is 7. The lowest BCUT2D eigenvalue weighted by Gasteiger charge is -2.29. The van der Waals surface area contributed by atoms with E-state index in [4.69, 9.17) is 0 Å². The topological polar surface area (TPSA) is 8.17 Å². The Bertz CT molecular complexity index is 3540. The highest BCUT2D eigenvalue weighted by molar-refractivity contribution is 7.25. The summed E-state index contributed by atoms with van der Waals surface area (Å²) < 4.78 is 5.04. The van der Waals surface area contributed by atoms with Gasteiger partial charge in [-0.1, -0.05) is 158 Å². The quantitative estimate of drug-likeness (QED) is 0.156. The van der Waals surface area contributed by atoms with Crippen molar-refractivity contribution < 1.29 is 0 Å². The second-order valence-corrected chi connectivity index (χ2v) is 16.8. The third-order valence-corrected chi connectivity index (χ3v) is 13.4. The molecule has 0 N–H and O–H groups in total. The molecule has 0 bridgehead atoms. The zero-order valence-electron chi connectivity index (χ0n) is 33.2. The highest BCUT2D eigenvalue weighted by atomic mass is 32.1. The van der Waals surface area contributed by atoms with Crippen molar-refractivity contribution in [2.75, 3.05) is 4.90 Å². The molecule has 61 heavy (non-hydrogen) atoms. The summed E-state index contributed by atoms with van der Waals surface area (Å²) >= 11 is 1.86. The molecule has 0 amide bonds. The van der Waals surface area contributed by atoms with Crippen LogP contribution in [0.2, 0.25) is 0 Å². The van der Waals surface area contributed by atoms with Gasteiger partial charge in [0.05, 0.1) is 22.4 Å². The number of thiophene rings is 1. The first-order valence-corrected chi connectivity index (χ1v) is 21.7. The zero-order chi connectivity index (χ0) is 40.3. The molecule has 12 rings (SSSR count). The standard InChI is InChI=1S/C58H38N2S/c1-2-17-43(18-3-1)59(44-33-29-40(30-34-44)46-24-14-16-39-15-4-5-19-45(39)46)56-35-31-41(37-51(56)42-32-36-58-52(38-42)50-23-9-13-28-57(50)61-58)47-20-6-10-25-53(47)60-54-26-11-7-21-48(54)49-22-8-12-27-55(49)60/h1-38H. The maximum Gasteiger partial charge on any atom is 0.0541 e. The lowest BCUT2D eigenvalue weighted by molar-refractivity contribution is 1.18. The van der Waals surface area contributed by atoms with Crippen LogP contribution in [0.25, 0.3) is 91.8 Å². The van der Waals surface area contributed by atoms with Crippen molar-refractivity contribution in [1.29, 1.82) is 0 Å². The second-order valence-electron chi connectivity index (χ2n) is 15.7. The fraction of sp³-hybridized carbons (Fsp3) is 0. The highest BCUT2D eigenvalue weighted by Crippen LogP contribution is 2.46. The maximum absolute atomic E-state index is 2.44. The number of nitrogens with zero attached hydrogens (tertiary/aromatic N) is 2. The summed E-state index contributed by atoms with van der Waals surface area (Å²) in [6, 6.07) is 84.3. The predicted octanol–water partition coefficient (Wildman–Crippen LogP) is 16.8. The molecule has 0 saturated carbocycles. The second kappa shape index (κ2) is 14.5. The molecule has 0 spiro atoms. The summed E-state index contributed by atoms with van der Waals surface area (Å²) in [6.45, 7) is 0. The minimum Gasteiger partial charge on any atom is -0.310 e. The molecular formula is C58H38N2S. The lowest BCUT2D eigenvalue weighted by atomic mass is 9.94. The predicted molar refractivity (Wildman–Crippen MR) is 262 cm³/mol. The van der Waals surface area contributed by atoms with Crippen LogP contribution >= 0.6 is 11.3 Å². The van der Waals surface area contributed by atoms with Gasteiger partial charge < -0.3 is 9.47 Å². The van der Waals surface area contributed by atoms with Gasteiger partial charge in [0.25, 0.3) is 0 Å². The molecule has 0 unspecified atom stereocenters. The van der Waals surface area contributed by atoms with Crippen molar-refractivity contribution in [2.24, 2.45) is 0 Å². The first kappa shape index (κ1) is 35.2. The molecule has 286 valence electrons. The molecule has 2 aromatic heterocycles. The third kappa shape index (κ3) is 5.93. The van der Waals surface area contributed by atoms with Gasteiger partial charge in [-0.15, -0.1) is 11.3 Å². The van der Waals surface area contributed by atoms with Gasteiger partial charge in [0.15, 0.2) is 0 Å². The molecule has 0 radical (unpaired) electrons. The van der Waals surface area contributed by atoms with Crippen LogP contribution in [0.3, 0.4) is 0 Å². The monoisotopic (exact) mass is 794 g/mol. The molecule has 0 aliphatic carbocycles.